The Bertz CT molecular complexity index is 830. The molecular formula is C18H15ClN2O3S. The Morgan fingerprint density at radius 1 is 1.12 bits per heavy atom. The molecule has 0 saturated carbocycles. The molecule has 0 aliphatic rings. The van der Waals surface area contributed by atoms with Gasteiger partial charge in [-0.1, -0.05) is 23.7 Å². The third-order valence-corrected chi connectivity index (χ3v) is 4.53. The van der Waals surface area contributed by atoms with Crippen LogP contribution in [0.3, 0.4) is 0 Å². The second-order valence-electron chi connectivity index (χ2n) is 5.30. The van der Waals surface area contributed by atoms with Gasteiger partial charge in [0.25, 0.3) is 5.91 Å². The van der Waals surface area contributed by atoms with Crippen molar-refractivity contribution in [3.8, 4) is 0 Å². The number of carbonyl (C=O) groups excluding carboxylic acids is 2. The number of nitrogens with one attached hydrogen (secondary N) is 2. The summed E-state index contributed by atoms with van der Waals surface area (Å²) in [7, 11) is 0. The number of halogens is 1. The van der Waals surface area contributed by atoms with Crippen molar-refractivity contribution in [3.63, 3.8) is 0 Å². The molecular weight excluding hydrogens is 360 g/mol. The zero-order valence-corrected chi connectivity index (χ0v) is 14.6. The van der Waals surface area contributed by atoms with Gasteiger partial charge in [-0.2, -0.15) is 11.3 Å². The van der Waals surface area contributed by atoms with Gasteiger partial charge < -0.3 is 15.1 Å². The quantitative estimate of drug-likeness (QED) is 0.692. The van der Waals surface area contributed by atoms with Crippen LogP contribution in [0.5, 0.6) is 0 Å². The van der Waals surface area contributed by atoms with E-state index in [1.54, 1.807) is 23.5 Å². The molecule has 0 aliphatic heterocycles. The number of benzene rings is 1. The van der Waals surface area contributed by atoms with Crippen LogP contribution in [0.25, 0.3) is 0 Å². The van der Waals surface area contributed by atoms with E-state index in [2.05, 4.69) is 10.6 Å². The predicted molar refractivity (Wildman–Crippen MR) is 96.8 cm³/mol. The second kappa shape index (κ2) is 8.00. The number of carbonyl (C=O) groups is 2. The smallest absolute Gasteiger partial charge is 0.254 e. The van der Waals surface area contributed by atoms with Crippen molar-refractivity contribution in [3.05, 3.63) is 81.4 Å². The minimum absolute atomic E-state index is 0.127. The third kappa shape index (κ3) is 4.49. The number of thiophene rings is 1. The van der Waals surface area contributed by atoms with Gasteiger partial charge in [0.1, 0.15) is 6.26 Å². The van der Waals surface area contributed by atoms with E-state index in [1.807, 2.05) is 29.0 Å². The fraction of sp³-hybridized carbons (Fsp3) is 0.111. The van der Waals surface area contributed by atoms with E-state index in [0.29, 0.717) is 10.6 Å². The molecule has 0 unspecified atom stereocenters. The molecule has 2 heterocycles. The van der Waals surface area contributed by atoms with Crippen molar-refractivity contribution in [2.75, 3.05) is 6.54 Å². The fourth-order valence-corrected chi connectivity index (χ4v) is 3.13. The molecule has 1 atom stereocenters. The summed E-state index contributed by atoms with van der Waals surface area (Å²) in [4.78, 5) is 24.2. The average molecular weight is 375 g/mol. The summed E-state index contributed by atoms with van der Waals surface area (Å²) in [5.74, 6) is -0.648. The normalized spacial score (nSPS) is 11.7. The van der Waals surface area contributed by atoms with Gasteiger partial charge in [-0.25, -0.2) is 0 Å². The summed E-state index contributed by atoms with van der Waals surface area (Å²) in [5, 5.41) is 10.1. The van der Waals surface area contributed by atoms with Crippen molar-refractivity contribution in [2.45, 2.75) is 6.04 Å². The van der Waals surface area contributed by atoms with E-state index < -0.39 is 0 Å². The maximum Gasteiger partial charge on any atom is 0.254 e. The zero-order chi connectivity index (χ0) is 17.6. The summed E-state index contributed by atoms with van der Waals surface area (Å²) in [5.41, 5.74) is 2.26. The average Bonchev–Trinajstić information content (AvgIpc) is 3.31. The van der Waals surface area contributed by atoms with Gasteiger partial charge in [-0.3, -0.25) is 9.59 Å². The highest BCUT2D eigenvalue weighted by atomic mass is 35.5. The summed E-state index contributed by atoms with van der Waals surface area (Å²) >= 11 is 7.49. The molecule has 0 radical (unpaired) electrons. The van der Waals surface area contributed by atoms with Crippen molar-refractivity contribution in [2.24, 2.45) is 0 Å². The summed E-state index contributed by atoms with van der Waals surface area (Å²) in [6.45, 7) is -0.127. The molecule has 25 heavy (non-hydrogen) atoms. The minimum Gasteiger partial charge on any atom is -0.472 e. The van der Waals surface area contributed by atoms with Crippen LogP contribution < -0.4 is 10.6 Å². The van der Waals surface area contributed by atoms with Gasteiger partial charge in [-0.05, 0) is 46.2 Å². The Hall–Kier alpha value is -2.57. The molecule has 0 bridgehead atoms. The standard InChI is InChI=1S/C18H15ClN2O3S/c19-15-3-1-12(2-4-15)17(14-6-8-25-11-14)21-16(22)9-20-18(23)13-5-7-24-10-13/h1-8,10-11,17H,9H2,(H,20,23)(H,21,22)/t17-/m0/s1. The molecule has 2 amide bonds. The maximum atomic E-state index is 12.3. The highest BCUT2D eigenvalue weighted by Gasteiger charge is 2.18. The molecule has 2 aromatic heterocycles. The van der Waals surface area contributed by atoms with Gasteiger partial charge in [0.15, 0.2) is 0 Å². The van der Waals surface area contributed by atoms with Crippen molar-refractivity contribution >= 4 is 34.8 Å². The predicted octanol–water partition coefficient (Wildman–Crippen LogP) is 3.63. The lowest BCUT2D eigenvalue weighted by Crippen LogP contribution is -2.38. The summed E-state index contributed by atoms with van der Waals surface area (Å²) in [6.07, 6.45) is 2.73. The van der Waals surface area contributed by atoms with Crippen LogP contribution in [0.15, 0.2) is 64.1 Å². The topological polar surface area (TPSA) is 71.3 Å². The van der Waals surface area contributed by atoms with Gasteiger partial charge in [0.2, 0.25) is 5.91 Å². The molecule has 0 saturated heterocycles. The Morgan fingerprint density at radius 3 is 2.56 bits per heavy atom. The Balaban J connectivity index is 1.67. The van der Waals surface area contributed by atoms with Crippen molar-refractivity contribution in [1.82, 2.24) is 10.6 Å². The number of hydrogen-bond donors (Lipinski definition) is 2. The Labute approximate surface area is 153 Å². The largest absolute Gasteiger partial charge is 0.472 e. The van der Waals surface area contributed by atoms with E-state index in [0.717, 1.165) is 11.1 Å². The van der Waals surface area contributed by atoms with Gasteiger partial charge in [0, 0.05) is 5.02 Å². The molecule has 0 spiro atoms. The molecule has 2 N–H and O–H groups in total. The molecule has 3 aromatic rings. The number of hydrogen-bond acceptors (Lipinski definition) is 4. The summed E-state index contributed by atoms with van der Waals surface area (Å²) < 4.78 is 4.85. The highest BCUT2D eigenvalue weighted by molar-refractivity contribution is 7.08. The molecule has 0 aliphatic carbocycles. The van der Waals surface area contributed by atoms with E-state index in [4.69, 9.17) is 16.0 Å². The molecule has 3 rings (SSSR count). The SMILES string of the molecule is O=C(CNC(=O)c1ccoc1)N[C@@H](c1ccc(Cl)cc1)c1ccsc1. The zero-order valence-electron chi connectivity index (χ0n) is 13.1. The first-order valence-electron chi connectivity index (χ1n) is 7.51. The van der Waals surface area contributed by atoms with Crippen LogP contribution in [-0.2, 0) is 4.79 Å². The molecule has 7 heteroatoms. The monoisotopic (exact) mass is 374 g/mol. The van der Waals surface area contributed by atoms with Crippen LogP contribution in [-0.4, -0.2) is 18.4 Å². The second-order valence-corrected chi connectivity index (χ2v) is 6.52. The minimum atomic E-state index is -0.359. The van der Waals surface area contributed by atoms with Crippen molar-refractivity contribution < 1.29 is 14.0 Å². The van der Waals surface area contributed by atoms with Gasteiger partial charge >= 0.3 is 0 Å². The Morgan fingerprint density at radius 2 is 1.92 bits per heavy atom. The van der Waals surface area contributed by atoms with E-state index >= 15 is 0 Å². The van der Waals surface area contributed by atoms with Crippen LogP contribution in [0.2, 0.25) is 5.02 Å². The summed E-state index contributed by atoms with van der Waals surface area (Å²) in [6, 6.07) is 10.5. The van der Waals surface area contributed by atoms with Gasteiger partial charge in [-0.15, -0.1) is 0 Å². The number of furan rings is 1. The molecule has 128 valence electrons. The fourth-order valence-electron chi connectivity index (χ4n) is 2.32. The lowest BCUT2D eigenvalue weighted by molar-refractivity contribution is -0.120. The van der Waals surface area contributed by atoms with E-state index in [1.165, 1.54) is 18.6 Å². The Kier molecular flexibility index (Phi) is 5.53. The van der Waals surface area contributed by atoms with Crippen LogP contribution in [0.1, 0.15) is 27.5 Å². The van der Waals surface area contributed by atoms with Crippen LogP contribution >= 0.6 is 22.9 Å². The van der Waals surface area contributed by atoms with E-state index in [-0.39, 0.29) is 24.4 Å². The lowest BCUT2D eigenvalue weighted by Gasteiger charge is -2.19. The van der Waals surface area contributed by atoms with Gasteiger partial charge in [0.05, 0.1) is 24.4 Å². The number of amides is 2. The highest BCUT2D eigenvalue weighted by Crippen LogP contribution is 2.25. The van der Waals surface area contributed by atoms with Crippen LogP contribution in [0.4, 0.5) is 0 Å². The first-order valence-corrected chi connectivity index (χ1v) is 8.83. The molecule has 5 nitrogen and oxygen atoms in total. The first kappa shape index (κ1) is 17.3. The van der Waals surface area contributed by atoms with E-state index in [9.17, 15) is 9.59 Å². The van der Waals surface area contributed by atoms with Crippen molar-refractivity contribution in [1.29, 1.82) is 0 Å². The molecule has 1 aromatic carbocycles. The first-order chi connectivity index (χ1) is 12.1. The maximum absolute atomic E-state index is 12.3. The lowest BCUT2D eigenvalue weighted by atomic mass is 10.0. The third-order valence-electron chi connectivity index (χ3n) is 3.58. The number of rotatable bonds is 6. The molecule has 0 fully saturated rings. The van der Waals surface area contributed by atoms with Crippen LogP contribution in [0, 0.1) is 0 Å².